The molecule has 1 heterocycles. The minimum absolute atomic E-state index is 0.0229. The molecule has 0 unspecified atom stereocenters. The number of anilines is 1. The summed E-state index contributed by atoms with van der Waals surface area (Å²) in [6, 6.07) is 6.39. The zero-order valence-electron chi connectivity index (χ0n) is 17.0. The molecule has 0 radical (unpaired) electrons. The van der Waals surface area contributed by atoms with Gasteiger partial charge in [0.05, 0.1) is 0 Å². The van der Waals surface area contributed by atoms with E-state index in [1.54, 1.807) is 6.92 Å². The Hall–Kier alpha value is -2.37. The molecule has 2 rings (SSSR count). The van der Waals surface area contributed by atoms with Gasteiger partial charge in [0.15, 0.2) is 0 Å². The van der Waals surface area contributed by atoms with Gasteiger partial charge < -0.3 is 5.32 Å². The van der Waals surface area contributed by atoms with Gasteiger partial charge in [-0.05, 0) is 45.2 Å². The molecule has 0 bridgehead atoms. The van der Waals surface area contributed by atoms with Gasteiger partial charge in [0.2, 0.25) is 5.91 Å². The quantitative estimate of drug-likeness (QED) is 0.709. The van der Waals surface area contributed by atoms with E-state index in [4.69, 9.17) is 0 Å². The molecule has 0 saturated carbocycles. The molecule has 6 nitrogen and oxygen atoms in total. The second kappa shape index (κ2) is 9.02. The number of carbonyl (C=O) groups excluding carboxylic acids is 3. The summed E-state index contributed by atoms with van der Waals surface area (Å²) in [6.45, 7) is 9.71. The lowest BCUT2D eigenvalue weighted by atomic mass is 10.0. The molecule has 27 heavy (non-hydrogen) atoms. The van der Waals surface area contributed by atoms with Gasteiger partial charge in [0, 0.05) is 11.7 Å². The van der Waals surface area contributed by atoms with Crippen LogP contribution in [0.3, 0.4) is 0 Å². The van der Waals surface area contributed by atoms with Crippen LogP contribution < -0.4 is 10.2 Å². The SMILES string of the molecule is Cc1ccc(N2C(=O)N(CC(=O)N[C@@H](C)CCCC(C)C)C(=O)[C@H]2C)cc1. The average molecular weight is 373 g/mol. The van der Waals surface area contributed by atoms with Crippen LogP contribution >= 0.6 is 0 Å². The van der Waals surface area contributed by atoms with Gasteiger partial charge in [0.25, 0.3) is 5.91 Å². The molecule has 1 aromatic rings. The third kappa shape index (κ3) is 5.31. The fraction of sp³-hybridized carbons (Fsp3) is 0.571. The van der Waals surface area contributed by atoms with Crippen LogP contribution in [-0.2, 0) is 9.59 Å². The lowest BCUT2D eigenvalue weighted by Crippen LogP contribution is -2.44. The van der Waals surface area contributed by atoms with E-state index in [0.29, 0.717) is 11.6 Å². The van der Waals surface area contributed by atoms with Crippen LogP contribution in [0.15, 0.2) is 24.3 Å². The Bertz CT molecular complexity index is 684. The predicted octanol–water partition coefficient (Wildman–Crippen LogP) is 3.48. The van der Waals surface area contributed by atoms with Crippen LogP contribution in [0.5, 0.6) is 0 Å². The van der Waals surface area contributed by atoms with Crippen molar-refractivity contribution in [3.8, 4) is 0 Å². The van der Waals surface area contributed by atoms with E-state index in [2.05, 4.69) is 19.2 Å². The topological polar surface area (TPSA) is 69.7 Å². The van der Waals surface area contributed by atoms with Crippen molar-refractivity contribution in [2.24, 2.45) is 5.92 Å². The first-order valence-corrected chi connectivity index (χ1v) is 9.71. The zero-order chi connectivity index (χ0) is 20.1. The van der Waals surface area contributed by atoms with Crippen molar-refractivity contribution in [2.45, 2.75) is 66.0 Å². The van der Waals surface area contributed by atoms with Crippen molar-refractivity contribution < 1.29 is 14.4 Å². The second-order valence-electron chi connectivity index (χ2n) is 7.88. The van der Waals surface area contributed by atoms with E-state index in [1.807, 2.05) is 38.1 Å². The standard InChI is InChI=1S/C21H31N3O3/c1-14(2)7-6-8-16(4)22-19(25)13-23-20(26)17(5)24(21(23)27)18-11-9-15(3)10-12-18/h9-12,14,16-17H,6-8,13H2,1-5H3,(H,22,25)/t16-,17+/m0/s1. The maximum absolute atomic E-state index is 12.7. The first-order valence-electron chi connectivity index (χ1n) is 9.71. The molecule has 0 aliphatic carbocycles. The summed E-state index contributed by atoms with van der Waals surface area (Å²) in [5.41, 5.74) is 1.74. The predicted molar refractivity (Wildman–Crippen MR) is 107 cm³/mol. The lowest BCUT2D eigenvalue weighted by molar-refractivity contribution is -0.132. The number of nitrogens with zero attached hydrogens (tertiary/aromatic N) is 2. The number of urea groups is 1. The highest BCUT2D eigenvalue weighted by atomic mass is 16.2. The van der Waals surface area contributed by atoms with Crippen LogP contribution in [0.1, 0.15) is 52.5 Å². The average Bonchev–Trinajstić information content (AvgIpc) is 2.79. The van der Waals surface area contributed by atoms with Crippen molar-refractivity contribution in [1.82, 2.24) is 10.2 Å². The molecule has 1 aromatic carbocycles. The minimum Gasteiger partial charge on any atom is -0.352 e. The van der Waals surface area contributed by atoms with Crippen LogP contribution in [0.4, 0.5) is 10.5 Å². The zero-order valence-corrected chi connectivity index (χ0v) is 17.0. The van der Waals surface area contributed by atoms with Crippen molar-refractivity contribution in [2.75, 3.05) is 11.4 Å². The number of rotatable bonds is 8. The van der Waals surface area contributed by atoms with Crippen molar-refractivity contribution >= 4 is 23.5 Å². The highest BCUT2D eigenvalue weighted by Crippen LogP contribution is 2.25. The fourth-order valence-electron chi connectivity index (χ4n) is 3.28. The molecule has 1 aliphatic heterocycles. The number of imide groups is 1. The van der Waals surface area contributed by atoms with E-state index in [1.165, 1.54) is 4.90 Å². The molecule has 1 saturated heterocycles. The maximum Gasteiger partial charge on any atom is 0.332 e. The summed E-state index contributed by atoms with van der Waals surface area (Å²) in [5.74, 6) is -0.00289. The molecule has 1 N–H and O–H groups in total. The largest absolute Gasteiger partial charge is 0.352 e. The van der Waals surface area contributed by atoms with Gasteiger partial charge in [0.1, 0.15) is 12.6 Å². The molecule has 148 valence electrons. The van der Waals surface area contributed by atoms with Gasteiger partial charge in [-0.1, -0.05) is 44.4 Å². The number of carbonyl (C=O) groups is 3. The number of hydrogen-bond acceptors (Lipinski definition) is 3. The molecule has 0 spiro atoms. The van der Waals surface area contributed by atoms with Crippen molar-refractivity contribution in [3.63, 3.8) is 0 Å². The molecule has 6 heteroatoms. The Labute approximate surface area is 161 Å². The van der Waals surface area contributed by atoms with Crippen LogP contribution in [0, 0.1) is 12.8 Å². The van der Waals surface area contributed by atoms with E-state index in [-0.39, 0.29) is 24.4 Å². The summed E-state index contributed by atoms with van der Waals surface area (Å²) in [4.78, 5) is 40.1. The molecule has 0 aromatic heterocycles. The monoisotopic (exact) mass is 373 g/mol. The number of aryl methyl sites for hydroxylation is 1. The minimum atomic E-state index is -0.614. The fourth-order valence-corrected chi connectivity index (χ4v) is 3.28. The smallest absolute Gasteiger partial charge is 0.332 e. The van der Waals surface area contributed by atoms with Gasteiger partial charge in [-0.25, -0.2) is 4.79 Å². The number of hydrogen-bond donors (Lipinski definition) is 1. The molecule has 2 atom stereocenters. The Morgan fingerprint density at radius 3 is 2.33 bits per heavy atom. The maximum atomic E-state index is 12.7. The summed E-state index contributed by atoms with van der Waals surface area (Å²) in [6.07, 6.45) is 3.04. The number of nitrogens with one attached hydrogen (secondary N) is 1. The summed E-state index contributed by atoms with van der Waals surface area (Å²) < 4.78 is 0. The van der Waals surface area contributed by atoms with Crippen LogP contribution in [-0.4, -0.2) is 41.4 Å². The summed E-state index contributed by atoms with van der Waals surface area (Å²) in [7, 11) is 0. The normalized spacial score (nSPS) is 18.4. The highest BCUT2D eigenvalue weighted by molar-refractivity contribution is 6.15. The van der Waals surface area contributed by atoms with Gasteiger partial charge >= 0.3 is 6.03 Å². The first-order chi connectivity index (χ1) is 12.7. The molecular formula is C21H31N3O3. The molecule has 1 fully saturated rings. The van der Waals surface area contributed by atoms with Crippen molar-refractivity contribution in [1.29, 1.82) is 0 Å². The van der Waals surface area contributed by atoms with Gasteiger partial charge in [-0.2, -0.15) is 0 Å². The third-order valence-corrected chi connectivity index (χ3v) is 4.89. The molecular weight excluding hydrogens is 342 g/mol. The summed E-state index contributed by atoms with van der Waals surface area (Å²) in [5, 5.41) is 2.89. The second-order valence-corrected chi connectivity index (χ2v) is 7.88. The Morgan fingerprint density at radius 2 is 1.74 bits per heavy atom. The first kappa shape index (κ1) is 20.9. The van der Waals surface area contributed by atoms with Gasteiger partial charge in [-0.15, -0.1) is 0 Å². The van der Waals surface area contributed by atoms with E-state index >= 15 is 0 Å². The molecule has 4 amide bonds. The van der Waals surface area contributed by atoms with E-state index < -0.39 is 12.1 Å². The third-order valence-electron chi connectivity index (χ3n) is 4.89. The van der Waals surface area contributed by atoms with Crippen LogP contribution in [0.2, 0.25) is 0 Å². The van der Waals surface area contributed by atoms with Crippen molar-refractivity contribution in [3.05, 3.63) is 29.8 Å². The highest BCUT2D eigenvalue weighted by Gasteiger charge is 2.44. The number of amides is 4. The van der Waals surface area contributed by atoms with E-state index in [0.717, 1.165) is 29.7 Å². The Balaban J connectivity index is 1.96. The Morgan fingerprint density at radius 1 is 1.11 bits per heavy atom. The van der Waals surface area contributed by atoms with Crippen LogP contribution in [0.25, 0.3) is 0 Å². The Kier molecular flexibility index (Phi) is 6.99. The summed E-state index contributed by atoms with van der Waals surface area (Å²) >= 11 is 0. The lowest BCUT2D eigenvalue weighted by Gasteiger charge is -2.20. The number of benzene rings is 1. The van der Waals surface area contributed by atoms with E-state index in [9.17, 15) is 14.4 Å². The van der Waals surface area contributed by atoms with Gasteiger partial charge in [-0.3, -0.25) is 19.4 Å². The molecule has 1 aliphatic rings.